The quantitative estimate of drug-likeness (QED) is 0.884. The first-order valence-electron chi connectivity index (χ1n) is 5.62. The molecule has 0 aliphatic heterocycles. The minimum Gasteiger partial charge on any atom is -0.488 e. The summed E-state index contributed by atoms with van der Waals surface area (Å²) in [5.74, 6) is -0.207. The summed E-state index contributed by atoms with van der Waals surface area (Å²) >= 11 is 3.04. The van der Waals surface area contributed by atoms with Gasteiger partial charge >= 0.3 is 6.18 Å². The normalized spacial score (nSPS) is 13.2. The monoisotopic (exact) mass is 337 g/mol. The fourth-order valence-corrected chi connectivity index (χ4v) is 1.69. The Morgan fingerprint density at radius 1 is 1.47 bits per heavy atom. The Balaban J connectivity index is 3.06. The molecule has 2 N–H and O–H groups in total. The Hall–Kier alpha value is -1.01. The molecule has 0 radical (unpaired) electrons. The molecule has 1 rings (SSSR count). The minimum atomic E-state index is -4.46. The van der Waals surface area contributed by atoms with Gasteiger partial charge in [0.15, 0.2) is 0 Å². The van der Waals surface area contributed by atoms with Crippen LogP contribution >= 0.6 is 15.9 Å². The number of hydrogen-bond acceptors (Lipinski definition) is 2. The van der Waals surface area contributed by atoms with Gasteiger partial charge in [0.1, 0.15) is 12.4 Å². The van der Waals surface area contributed by atoms with Crippen LogP contribution in [0.25, 0.3) is 0 Å². The molecule has 2 nitrogen and oxygen atoms in total. The van der Waals surface area contributed by atoms with Crippen molar-refractivity contribution in [1.29, 1.82) is 0 Å². The fraction of sp³-hybridized carbons (Fsp3) is 0.385. The third-order valence-corrected chi connectivity index (χ3v) is 2.52. The van der Waals surface area contributed by atoms with Crippen molar-refractivity contribution in [3.8, 4) is 5.75 Å². The van der Waals surface area contributed by atoms with Crippen LogP contribution in [0.1, 0.15) is 18.1 Å². The Morgan fingerprint density at radius 3 is 2.58 bits per heavy atom. The molecule has 1 unspecified atom stereocenters. The van der Waals surface area contributed by atoms with Crippen LogP contribution in [0.4, 0.5) is 13.2 Å². The number of rotatable bonds is 5. The van der Waals surface area contributed by atoms with Gasteiger partial charge in [0.2, 0.25) is 0 Å². The Labute approximate surface area is 118 Å². The first-order valence-corrected chi connectivity index (χ1v) is 6.41. The van der Waals surface area contributed by atoms with Crippen molar-refractivity contribution in [2.24, 2.45) is 5.73 Å². The molecule has 0 saturated heterocycles. The molecule has 0 aliphatic carbocycles. The fourth-order valence-electron chi connectivity index (χ4n) is 1.58. The van der Waals surface area contributed by atoms with E-state index in [9.17, 15) is 13.2 Å². The van der Waals surface area contributed by atoms with Crippen molar-refractivity contribution in [2.75, 3.05) is 6.61 Å². The molecule has 0 amide bonds. The van der Waals surface area contributed by atoms with E-state index in [0.29, 0.717) is 16.5 Å². The molecule has 1 aromatic carbocycles. The molecule has 106 valence electrons. The second-order valence-corrected chi connectivity index (χ2v) is 5.44. The van der Waals surface area contributed by atoms with E-state index in [0.717, 1.165) is 6.07 Å². The first kappa shape index (κ1) is 16.0. The van der Waals surface area contributed by atoms with Crippen molar-refractivity contribution >= 4 is 15.9 Å². The summed E-state index contributed by atoms with van der Waals surface area (Å²) in [6.07, 6.45) is -4.08. The molecule has 0 fully saturated rings. The highest BCUT2D eigenvalue weighted by atomic mass is 79.9. The van der Waals surface area contributed by atoms with Crippen molar-refractivity contribution < 1.29 is 17.9 Å². The van der Waals surface area contributed by atoms with Crippen LogP contribution in [0, 0.1) is 0 Å². The van der Waals surface area contributed by atoms with Gasteiger partial charge < -0.3 is 10.5 Å². The van der Waals surface area contributed by atoms with Crippen LogP contribution in [-0.2, 0) is 12.6 Å². The van der Waals surface area contributed by atoms with Crippen LogP contribution < -0.4 is 10.5 Å². The highest BCUT2D eigenvalue weighted by Gasteiger charge is 2.34. The summed E-state index contributed by atoms with van der Waals surface area (Å²) in [5, 5.41) is 0. The smallest absolute Gasteiger partial charge is 0.419 e. The van der Waals surface area contributed by atoms with Gasteiger partial charge in [0, 0.05) is 10.5 Å². The van der Waals surface area contributed by atoms with E-state index in [1.54, 1.807) is 13.0 Å². The lowest BCUT2D eigenvalue weighted by Crippen LogP contribution is -2.18. The standard InChI is InChI=1S/C13H15BrF3NO/c1-8(14)7-19-12-4-3-10(5-9(2)18)6-11(12)13(15,16)17/h3-4,6,9H,1,5,7,18H2,2H3. The van der Waals surface area contributed by atoms with Gasteiger partial charge in [0.25, 0.3) is 0 Å². The summed E-state index contributed by atoms with van der Waals surface area (Å²) in [6, 6.07) is 3.78. The van der Waals surface area contributed by atoms with Crippen LogP contribution in [-0.4, -0.2) is 12.6 Å². The van der Waals surface area contributed by atoms with Crippen LogP contribution in [0.5, 0.6) is 5.75 Å². The van der Waals surface area contributed by atoms with Crippen molar-refractivity contribution in [2.45, 2.75) is 25.6 Å². The van der Waals surface area contributed by atoms with Gasteiger partial charge in [-0.3, -0.25) is 0 Å². The lowest BCUT2D eigenvalue weighted by atomic mass is 10.0. The Bertz CT molecular complexity index is 458. The molecule has 1 aromatic rings. The van der Waals surface area contributed by atoms with E-state index in [2.05, 4.69) is 22.5 Å². The highest BCUT2D eigenvalue weighted by molar-refractivity contribution is 9.11. The lowest BCUT2D eigenvalue weighted by Gasteiger charge is -2.16. The van der Waals surface area contributed by atoms with E-state index in [-0.39, 0.29) is 18.4 Å². The average Bonchev–Trinajstić information content (AvgIpc) is 2.25. The Morgan fingerprint density at radius 2 is 2.11 bits per heavy atom. The first-order chi connectivity index (χ1) is 8.70. The van der Waals surface area contributed by atoms with Crippen molar-refractivity contribution in [3.05, 3.63) is 40.4 Å². The van der Waals surface area contributed by atoms with Gasteiger partial charge in [-0.2, -0.15) is 13.2 Å². The third-order valence-electron chi connectivity index (χ3n) is 2.29. The predicted octanol–water partition coefficient (Wildman–Crippen LogP) is 3.88. The molecule has 19 heavy (non-hydrogen) atoms. The maximum Gasteiger partial charge on any atom is 0.419 e. The lowest BCUT2D eigenvalue weighted by molar-refractivity contribution is -0.138. The molecular formula is C13H15BrF3NO. The predicted molar refractivity (Wildman–Crippen MR) is 72.4 cm³/mol. The molecular weight excluding hydrogens is 323 g/mol. The zero-order valence-corrected chi connectivity index (χ0v) is 12.0. The molecule has 0 aromatic heterocycles. The van der Waals surface area contributed by atoms with Crippen LogP contribution in [0.3, 0.4) is 0 Å². The second-order valence-electron chi connectivity index (χ2n) is 4.32. The van der Waals surface area contributed by atoms with Crippen LogP contribution in [0.15, 0.2) is 29.3 Å². The van der Waals surface area contributed by atoms with Gasteiger partial charge in [-0.1, -0.05) is 28.6 Å². The van der Waals surface area contributed by atoms with Gasteiger partial charge in [-0.25, -0.2) is 0 Å². The summed E-state index contributed by atoms with van der Waals surface area (Å²) in [7, 11) is 0. The van der Waals surface area contributed by atoms with Crippen LogP contribution in [0.2, 0.25) is 0 Å². The zero-order valence-electron chi connectivity index (χ0n) is 10.4. The van der Waals surface area contributed by atoms with Gasteiger partial charge in [0.05, 0.1) is 5.56 Å². The summed E-state index contributed by atoms with van der Waals surface area (Å²) in [4.78, 5) is 0. The van der Waals surface area contributed by atoms with E-state index in [1.165, 1.54) is 6.07 Å². The molecule has 0 bridgehead atoms. The number of ether oxygens (including phenoxy) is 1. The molecule has 0 spiro atoms. The zero-order chi connectivity index (χ0) is 14.6. The SMILES string of the molecule is C=C(Br)COc1ccc(CC(C)N)cc1C(F)(F)F. The third kappa shape index (κ3) is 5.24. The van der Waals surface area contributed by atoms with E-state index < -0.39 is 11.7 Å². The number of nitrogens with two attached hydrogens (primary N) is 1. The van der Waals surface area contributed by atoms with Gasteiger partial charge in [-0.15, -0.1) is 0 Å². The summed E-state index contributed by atoms with van der Waals surface area (Å²) in [5.41, 5.74) is 5.33. The van der Waals surface area contributed by atoms with E-state index in [4.69, 9.17) is 10.5 Å². The molecule has 0 saturated carbocycles. The molecule has 1 atom stereocenters. The number of hydrogen-bond donors (Lipinski definition) is 1. The maximum atomic E-state index is 12.9. The minimum absolute atomic E-state index is 0.0181. The summed E-state index contributed by atoms with van der Waals surface area (Å²) in [6.45, 7) is 5.24. The second kappa shape index (κ2) is 6.43. The average molecular weight is 338 g/mol. The molecule has 0 heterocycles. The maximum absolute atomic E-state index is 12.9. The highest BCUT2D eigenvalue weighted by Crippen LogP contribution is 2.37. The summed E-state index contributed by atoms with van der Waals surface area (Å²) < 4.78 is 44.4. The van der Waals surface area contributed by atoms with E-state index >= 15 is 0 Å². The van der Waals surface area contributed by atoms with Gasteiger partial charge in [-0.05, 0) is 31.0 Å². The van der Waals surface area contributed by atoms with Crippen molar-refractivity contribution in [3.63, 3.8) is 0 Å². The topological polar surface area (TPSA) is 35.2 Å². The number of halogens is 4. The number of alkyl halides is 3. The van der Waals surface area contributed by atoms with Crippen molar-refractivity contribution in [1.82, 2.24) is 0 Å². The van der Waals surface area contributed by atoms with E-state index in [1.807, 2.05) is 0 Å². The molecule has 6 heteroatoms. The Kier molecular flexibility index (Phi) is 5.43. The molecule has 0 aliphatic rings. The number of benzene rings is 1. The largest absolute Gasteiger partial charge is 0.488 e.